The van der Waals surface area contributed by atoms with Gasteiger partial charge in [-0.15, -0.1) is 11.6 Å². The number of rotatable bonds is 15. The number of carbonyl (C=O) groups is 1. The highest BCUT2D eigenvalue weighted by molar-refractivity contribution is 6.20. The highest BCUT2D eigenvalue weighted by Gasteiger charge is 2.06. The van der Waals surface area contributed by atoms with E-state index in [0.717, 1.165) is 12.8 Å². The molecule has 3 nitrogen and oxygen atoms in total. The fourth-order valence-corrected chi connectivity index (χ4v) is 3.06. The van der Waals surface area contributed by atoms with E-state index >= 15 is 0 Å². The summed E-state index contributed by atoms with van der Waals surface area (Å²) >= 11 is 6.35. The number of hydrogen-bond donors (Lipinski definition) is 1. The molecule has 0 bridgehead atoms. The van der Waals surface area contributed by atoms with Gasteiger partial charge in [0.25, 0.3) is 0 Å². The summed E-state index contributed by atoms with van der Waals surface area (Å²) in [5.74, 6) is -0.231. The Morgan fingerprint density at radius 1 is 0.960 bits per heavy atom. The molecule has 0 aliphatic rings. The van der Waals surface area contributed by atoms with Crippen molar-refractivity contribution in [3.05, 3.63) is 29.8 Å². The Hall–Kier alpha value is -1.22. The van der Waals surface area contributed by atoms with E-state index in [-0.39, 0.29) is 10.9 Å². The van der Waals surface area contributed by atoms with Gasteiger partial charge in [-0.2, -0.15) is 0 Å². The third kappa shape index (κ3) is 11.1. The molecule has 0 amide bonds. The molecule has 0 radical (unpaired) electrons. The summed E-state index contributed by atoms with van der Waals surface area (Å²) in [4.78, 5) is 10.8. The van der Waals surface area contributed by atoms with Gasteiger partial charge < -0.3 is 9.84 Å². The summed E-state index contributed by atoms with van der Waals surface area (Å²) < 4.78 is 5.63. The standard InChI is InChI=1S/C21H33ClO3/c1-2-3-4-5-6-7-8-9-10-11-19(22)16-17-25-20-14-12-18(13-15-20)21(23)24/h12-15,19H,2-11,16-17H2,1H3,(H,23,24). The predicted octanol–water partition coefficient (Wildman–Crippen LogP) is 6.68. The van der Waals surface area contributed by atoms with Crippen LogP contribution in [0, 0.1) is 0 Å². The molecule has 1 rings (SSSR count). The van der Waals surface area contributed by atoms with Crippen molar-refractivity contribution in [1.82, 2.24) is 0 Å². The van der Waals surface area contributed by atoms with Gasteiger partial charge in [-0.3, -0.25) is 0 Å². The van der Waals surface area contributed by atoms with Gasteiger partial charge in [-0.05, 0) is 37.1 Å². The van der Waals surface area contributed by atoms with Gasteiger partial charge in [-0.25, -0.2) is 4.79 Å². The molecule has 0 aliphatic heterocycles. The van der Waals surface area contributed by atoms with Crippen molar-refractivity contribution in [1.29, 1.82) is 0 Å². The molecule has 142 valence electrons. The summed E-state index contributed by atoms with van der Waals surface area (Å²) in [6.07, 6.45) is 13.8. The first-order chi connectivity index (χ1) is 12.1. The number of unbranched alkanes of at least 4 members (excludes halogenated alkanes) is 8. The Balaban J connectivity index is 1.98. The van der Waals surface area contributed by atoms with E-state index < -0.39 is 5.97 Å². The van der Waals surface area contributed by atoms with Crippen molar-refractivity contribution in [3.8, 4) is 5.75 Å². The van der Waals surface area contributed by atoms with E-state index in [0.29, 0.717) is 12.4 Å². The van der Waals surface area contributed by atoms with Crippen molar-refractivity contribution < 1.29 is 14.6 Å². The second-order valence-electron chi connectivity index (χ2n) is 6.68. The molecule has 0 heterocycles. The van der Waals surface area contributed by atoms with E-state index in [4.69, 9.17) is 21.4 Å². The smallest absolute Gasteiger partial charge is 0.335 e. The van der Waals surface area contributed by atoms with E-state index in [1.165, 1.54) is 57.8 Å². The first-order valence-corrected chi connectivity index (χ1v) is 10.2. The van der Waals surface area contributed by atoms with Gasteiger partial charge >= 0.3 is 5.97 Å². The van der Waals surface area contributed by atoms with Crippen molar-refractivity contribution in [2.45, 2.75) is 82.9 Å². The number of carboxylic acids is 1. The van der Waals surface area contributed by atoms with E-state index in [1.54, 1.807) is 24.3 Å². The molecular formula is C21H33ClO3. The molecule has 1 unspecified atom stereocenters. The number of alkyl halides is 1. The number of hydrogen-bond acceptors (Lipinski definition) is 2. The molecule has 0 spiro atoms. The first-order valence-electron chi connectivity index (χ1n) is 9.73. The average molecular weight is 369 g/mol. The van der Waals surface area contributed by atoms with E-state index in [2.05, 4.69) is 6.92 Å². The van der Waals surface area contributed by atoms with Crippen molar-refractivity contribution in [3.63, 3.8) is 0 Å². The van der Waals surface area contributed by atoms with Gasteiger partial charge in [0.15, 0.2) is 0 Å². The lowest BCUT2D eigenvalue weighted by Crippen LogP contribution is -2.07. The monoisotopic (exact) mass is 368 g/mol. The fourth-order valence-electron chi connectivity index (χ4n) is 2.82. The van der Waals surface area contributed by atoms with Crippen molar-refractivity contribution in [2.24, 2.45) is 0 Å². The second kappa shape index (κ2) is 14.0. The third-order valence-corrected chi connectivity index (χ3v) is 4.86. The molecule has 0 aliphatic carbocycles. The average Bonchev–Trinajstić information content (AvgIpc) is 2.61. The van der Waals surface area contributed by atoms with Crippen molar-refractivity contribution >= 4 is 17.6 Å². The maximum Gasteiger partial charge on any atom is 0.335 e. The molecule has 0 saturated heterocycles. The minimum atomic E-state index is -0.923. The zero-order valence-corrected chi connectivity index (χ0v) is 16.3. The van der Waals surface area contributed by atoms with Crippen LogP contribution in [0.2, 0.25) is 0 Å². The molecule has 0 aromatic heterocycles. The van der Waals surface area contributed by atoms with E-state index in [1.807, 2.05) is 0 Å². The normalized spacial score (nSPS) is 12.1. The number of ether oxygens (including phenoxy) is 1. The van der Waals surface area contributed by atoms with Crippen LogP contribution in [0.25, 0.3) is 0 Å². The van der Waals surface area contributed by atoms with Gasteiger partial charge in [0.05, 0.1) is 12.2 Å². The lowest BCUT2D eigenvalue weighted by Gasteiger charge is -2.11. The Kier molecular flexibility index (Phi) is 12.2. The van der Waals surface area contributed by atoms with Gasteiger partial charge in [0, 0.05) is 5.38 Å². The Morgan fingerprint density at radius 3 is 2.08 bits per heavy atom. The lowest BCUT2D eigenvalue weighted by atomic mass is 10.1. The van der Waals surface area contributed by atoms with Crippen LogP contribution in [0.15, 0.2) is 24.3 Å². The Labute approximate surface area is 157 Å². The molecule has 0 saturated carbocycles. The van der Waals surface area contributed by atoms with Crippen LogP contribution < -0.4 is 4.74 Å². The van der Waals surface area contributed by atoms with Crippen molar-refractivity contribution in [2.75, 3.05) is 6.61 Å². The zero-order valence-electron chi connectivity index (χ0n) is 15.5. The molecule has 1 aromatic rings. The maximum atomic E-state index is 10.8. The van der Waals surface area contributed by atoms with Crippen LogP contribution in [0.3, 0.4) is 0 Å². The topological polar surface area (TPSA) is 46.5 Å². The summed E-state index contributed by atoms with van der Waals surface area (Å²) in [6, 6.07) is 6.48. The summed E-state index contributed by atoms with van der Waals surface area (Å²) in [5, 5.41) is 9.01. The summed E-state index contributed by atoms with van der Waals surface area (Å²) in [6.45, 7) is 2.82. The van der Waals surface area contributed by atoms with Crippen LogP contribution in [0.5, 0.6) is 5.75 Å². The minimum Gasteiger partial charge on any atom is -0.494 e. The Bertz CT molecular complexity index is 459. The fraction of sp³-hybridized carbons (Fsp3) is 0.667. The second-order valence-corrected chi connectivity index (χ2v) is 7.30. The third-order valence-electron chi connectivity index (χ3n) is 4.42. The molecule has 4 heteroatoms. The zero-order chi connectivity index (χ0) is 18.3. The highest BCUT2D eigenvalue weighted by atomic mass is 35.5. The molecule has 1 aromatic carbocycles. The number of benzene rings is 1. The quantitative estimate of drug-likeness (QED) is 0.277. The molecular weight excluding hydrogens is 336 g/mol. The van der Waals surface area contributed by atoms with Crippen LogP contribution in [0.1, 0.15) is 87.9 Å². The van der Waals surface area contributed by atoms with Crippen LogP contribution in [0.4, 0.5) is 0 Å². The minimum absolute atomic E-state index is 0.155. The van der Waals surface area contributed by atoms with Crippen LogP contribution >= 0.6 is 11.6 Å². The van der Waals surface area contributed by atoms with Gasteiger partial charge in [-0.1, -0.05) is 64.7 Å². The predicted molar refractivity (Wildman–Crippen MR) is 105 cm³/mol. The highest BCUT2D eigenvalue weighted by Crippen LogP contribution is 2.17. The SMILES string of the molecule is CCCCCCCCCCCC(Cl)CCOc1ccc(C(=O)O)cc1. The summed E-state index contributed by atoms with van der Waals surface area (Å²) in [7, 11) is 0. The van der Waals surface area contributed by atoms with E-state index in [9.17, 15) is 4.79 Å². The first kappa shape index (κ1) is 21.8. The number of halogens is 1. The van der Waals surface area contributed by atoms with Gasteiger partial charge in [0.2, 0.25) is 0 Å². The Morgan fingerprint density at radius 2 is 1.52 bits per heavy atom. The molecule has 1 N–H and O–H groups in total. The van der Waals surface area contributed by atoms with Gasteiger partial charge in [0.1, 0.15) is 5.75 Å². The number of aromatic carboxylic acids is 1. The molecule has 0 fully saturated rings. The molecule has 25 heavy (non-hydrogen) atoms. The molecule has 1 atom stereocenters. The van der Waals surface area contributed by atoms with Crippen LogP contribution in [-0.4, -0.2) is 23.1 Å². The lowest BCUT2D eigenvalue weighted by molar-refractivity contribution is 0.0697. The largest absolute Gasteiger partial charge is 0.494 e. The maximum absolute atomic E-state index is 10.8. The summed E-state index contributed by atoms with van der Waals surface area (Å²) in [5.41, 5.74) is 0.271. The number of carboxylic acid groups (broad SMARTS) is 1. The van der Waals surface area contributed by atoms with Crippen LogP contribution in [-0.2, 0) is 0 Å².